The molecule has 2 aliphatic rings. The van der Waals surface area contributed by atoms with Gasteiger partial charge >= 0.3 is 0 Å². The summed E-state index contributed by atoms with van der Waals surface area (Å²) in [4.78, 5) is 42.1. The summed E-state index contributed by atoms with van der Waals surface area (Å²) in [6, 6.07) is 8.72. The van der Waals surface area contributed by atoms with E-state index in [1.54, 1.807) is 11.0 Å². The second kappa shape index (κ2) is 9.06. The van der Waals surface area contributed by atoms with Crippen molar-refractivity contribution >= 4 is 23.4 Å². The highest BCUT2D eigenvalue weighted by Gasteiger charge is 2.40. The Kier molecular flexibility index (Phi) is 6.21. The number of benzene rings is 1. The van der Waals surface area contributed by atoms with Crippen LogP contribution >= 0.6 is 0 Å². The quantitative estimate of drug-likeness (QED) is 0.772. The molecule has 2 aliphatic heterocycles. The highest BCUT2D eigenvalue weighted by Crippen LogP contribution is 2.30. The van der Waals surface area contributed by atoms with Gasteiger partial charge in [-0.15, -0.1) is 10.2 Å². The van der Waals surface area contributed by atoms with Crippen molar-refractivity contribution in [1.82, 2.24) is 20.4 Å². The lowest BCUT2D eigenvalue weighted by Gasteiger charge is -2.44. The lowest BCUT2D eigenvalue weighted by Crippen LogP contribution is -2.60. The van der Waals surface area contributed by atoms with Gasteiger partial charge in [0, 0.05) is 43.7 Å². The van der Waals surface area contributed by atoms with Crippen molar-refractivity contribution in [1.29, 1.82) is 0 Å². The zero-order valence-corrected chi connectivity index (χ0v) is 18.8. The Morgan fingerprint density at radius 2 is 1.97 bits per heavy atom. The summed E-state index contributed by atoms with van der Waals surface area (Å²) in [6.07, 6.45) is 1.07. The Morgan fingerprint density at radius 1 is 1.19 bits per heavy atom. The SMILES string of the molecule is Cc1ccccc1C(=O)N1CCN2c3nnc(C(=O)NCCC(C)C)cc3CC(=O)C2C1. The lowest BCUT2D eigenvalue weighted by atomic mass is 9.94. The number of aromatic nitrogens is 2. The summed E-state index contributed by atoms with van der Waals surface area (Å²) in [5.74, 6) is 0.830. The Bertz CT molecular complexity index is 1050. The van der Waals surface area contributed by atoms with Gasteiger partial charge in [-0.05, 0) is 37.0 Å². The van der Waals surface area contributed by atoms with Gasteiger partial charge in [-0.3, -0.25) is 14.4 Å². The topological polar surface area (TPSA) is 95.5 Å². The minimum absolute atomic E-state index is 0.0268. The molecule has 1 unspecified atom stereocenters. The molecule has 4 rings (SSSR count). The molecule has 8 heteroatoms. The van der Waals surface area contributed by atoms with Gasteiger partial charge in [0.15, 0.2) is 17.3 Å². The van der Waals surface area contributed by atoms with Gasteiger partial charge in [-0.25, -0.2) is 0 Å². The number of ketones is 1. The van der Waals surface area contributed by atoms with Gasteiger partial charge in [0.1, 0.15) is 6.04 Å². The molecule has 0 aliphatic carbocycles. The normalized spacial score (nSPS) is 17.8. The van der Waals surface area contributed by atoms with E-state index in [1.165, 1.54) is 0 Å². The number of nitrogens with one attached hydrogen (secondary N) is 1. The molecule has 0 bridgehead atoms. The molecule has 2 aromatic rings. The van der Waals surface area contributed by atoms with Crippen molar-refractivity contribution in [2.75, 3.05) is 31.1 Å². The number of nitrogens with zero attached hydrogens (tertiary/aromatic N) is 4. The van der Waals surface area contributed by atoms with Crippen LogP contribution in [-0.4, -0.2) is 64.9 Å². The number of fused-ring (bicyclic) bond motifs is 3. The Labute approximate surface area is 188 Å². The molecule has 168 valence electrons. The number of aryl methyl sites for hydroxylation is 1. The summed E-state index contributed by atoms with van der Waals surface area (Å²) in [6.45, 7) is 8.00. The minimum atomic E-state index is -0.441. The fourth-order valence-corrected chi connectivity index (χ4v) is 4.26. The third-order valence-corrected chi connectivity index (χ3v) is 6.14. The first-order valence-corrected chi connectivity index (χ1v) is 11.1. The van der Waals surface area contributed by atoms with Crippen LogP contribution < -0.4 is 10.2 Å². The van der Waals surface area contributed by atoms with E-state index in [2.05, 4.69) is 29.4 Å². The van der Waals surface area contributed by atoms with E-state index in [4.69, 9.17) is 0 Å². The Morgan fingerprint density at radius 3 is 2.72 bits per heavy atom. The van der Waals surface area contributed by atoms with E-state index in [0.717, 1.165) is 12.0 Å². The van der Waals surface area contributed by atoms with Crippen molar-refractivity contribution in [3.05, 3.63) is 52.7 Å². The standard InChI is InChI=1S/C24H29N5O3/c1-15(2)8-9-25-23(31)19-12-17-13-21(30)20-14-28(10-11-29(20)22(17)27-26-19)24(32)18-7-5-4-6-16(18)3/h4-7,12,15,20H,8-11,13-14H2,1-3H3,(H,25,31). The first-order valence-electron chi connectivity index (χ1n) is 11.1. The van der Waals surface area contributed by atoms with Gasteiger partial charge < -0.3 is 15.1 Å². The molecule has 1 fully saturated rings. The molecule has 1 N–H and O–H groups in total. The maximum absolute atomic E-state index is 13.0. The summed E-state index contributed by atoms with van der Waals surface area (Å²) >= 11 is 0. The van der Waals surface area contributed by atoms with E-state index in [0.29, 0.717) is 49.0 Å². The predicted octanol–water partition coefficient (Wildman–Crippen LogP) is 2.02. The van der Waals surface area contributed by atoms with Crippen LogP contribution in [0.15, 0.2) is 30.3 Å². The van der Waals surface area contributed by atoms with Gasteiger partial charge in [0.05, 0.1) is 0 Å². The van der Waals surface area contributed by atoms with Crippen LogP contribution in [0, 0.1) is 12.8 Å². The Hall–Kier alpha value is -3.29. The smallest absolute Gasteiger partial charge is 0.271 e. The number of anilines is 1. The number of carbonyl (C=O) groups excluding carboxylic acids is 3. The van der Waals surface area contributed by atoms with E-state index in [1.807, 2.05) is 36.1 Å². The molecule has 0 radical (unpaired) electrons. The molecule has 1 saturated heterocycles. The van der Waals surface area contributed by atoms with Crippen molar-refractivity contribution in [2.45, 2.75) is 39.7 Å². The van der Waals surface area contributed by atoms with Crippen LogP contribution in [0.1, 0.15) is 52.2 Å². The van der Waals surface area contributed by atoms with E-state index in [-0.39, 0.29) is 29.7 Å². The summed E-state index contributed by atoms with van der Waals surface area (Å²) in [5.41, 5.74) is 2.53. The maximum atomic E-state index is 13.0. The fourth-order valence-electron chi connectivity index (χ4n) is 4.26. The molecule has 2 amide bonds. The van der Waals surface area contributed by atoms with Gasteiger partial charge in [-0.1, -0.05) is 32.0 Å². The summed E-state index contributed by atoms with van der Waals surface area (Å²) in [5, 5.41) is 11.3. The average Bonchev–Trinajstić information content (AvgIpc) is 2.78. The molecule has 1 aromatic heterocycles. The second-order valence-corrected chi connectivity index (χ2v) is 8.94. The van der Waals surface area contributed by atoms with Crippen LogP contribution in [0.4, 0.5) is 5.82 Å². The maximum Gasteiger partial charge on any atom is 0.271 e. The fraction of sp³-hybridized carbons (Fsp3) is 0.458. The summed E-state index contributed by atoms with van der Waals surface area (Å²) < 4.78 is 0. The third kappa shape index (κ3) is 4.35. The number of hydrogen-bond acceptors (Lipinski definition) is 6. The molecule has 0 spiro atoms. The molecule has 32 heavy (non-hydrogen) atoms. The van der Waals surface area contributed by atoms with Crippen LogP contribution in [0.25, 0.3) is 0 Å². The predicted molar refractivity (Wildman–Crippen MR) is 121 cm³/mol. The van der Waals surface area contributed by atoms with Crippen LogP contribution in [-0.2, 0) is 11.2 Å². The zero-order valence-electron chi connectivity index (χ0n) is 18.8. The van der Waals surface area contributed by atoms with Crippen LogP contribution in [0.5, 0.6) is 0 Å². The highest BCUT2D eigenvalue weighted by atomic mass is 16.2. The molecular weight excluding hydrogens is 406 g/mol. The number of Topliss-reactive ketones (excluding diaryl/α,β-unsaturated/α-hetero) is 1. The first-order chi connectivity index (χ1) is 15.3. The van der Waals surface area contributed by atoms with Crippen LogP contribution in [0.2, 0.25) is 0 Å². The number of carbonyl (C=O) groups is 3. The summed E-state index contributed by atoms with van der Waals surface area (Å²) in [7, 11) is 0. The highest BCUT2D eigenvalue weighted by molar-refractivity contribution is 5.99. The number of rotatable bonds is 5. The van der Waals surface area contributed by atoms with Crippen molar-refractivity contribution in [3.8, 4) is 0 Å². The minimum Gasteiger partial charge on any atom is -0.351 e. The number of piperazine rings is 1. The van der Waals surface area contributed by atoms with Crippen molar-refractivity contribution in [3.63, 3.8) is 0 Å². The number of hydrogen-bond donors (Lipinski definition) is 1. The molecular formula is C24H29N5O3. The average molecular weight is 436 g/mol. The van der Waals surface area contributed by atoms with Crippen molar-refractivity contribution < 1.29 is 14.4 Å². The molecule has 1 atom stereocenters. The van der Waals surface area contributed by atoms with E-state index < -0.39 is 6.04 Å². The van der Waals surface area contributed by atoms with Crippen molar-refractivity contribution in [2.24, 2.45) is 5.92 Å². The zero-order chi connectivity index (χ0) is 22.8. The van der Waals surface area contributed by atoms with Gasteiger partial charge in [-0.2, -0.15) is 0 Å². The number of amides is 2. The van der Waals surface area contributed by atoms with E-state index in [9.17, 15) is 14.4 Å². The molecule has 3 heterocycles. The van der Waals surface area contributed by atoms with Crippen LogP contribution in [0.3, 0.4) is 0 Å². The molecule has 0 saturated carbocycles. The van der Waals surface area contributed by atoms with Gasteiger partial charge in [0.2, 0.25) is 0 Å². The molecule has 1 aromatic carbocycles. The monoisotopic (exact) mass is 435 g/mol. The van der Waals surface area contributed by atoms with E-state index >= 15 is 0 Å². The molecule has 8 nitrogen and oxygen atoms in total. The lowest BCUT2D eigenvalue weighted by molar-refractivity contribution is -0.120. The third-order valence-electron chi connectivity index (χ3n) is 6.14. The largest absolute Gasteiger partial charge is 0.351 e. The second-order valence-electron chi connectivity index (χ2n) is 8.94. The van der Waals surface area contributed by atoms with Gasteiger partial charge in [0.25, 0.3) is 11.8 Å². The first kappa shape index (κ1) is 21.9. The Balaban J connectivity index is 1.48.